The Labute approximate surface area is 109 Å². The number of carbonyl (C=O) groups is 1. The van der Waals surface area contributed by atoms with Crippen LogP contribution >= 0.6 is 0 Å². The topological polar surface area (TPSA) is 65.3 Å². The van der Waals surface area contributed by atoms with Gasteiger partial charge in [0.2, 0.25) is 6.41 Å². The number of aromatic nitrogens is 2. The molecule has 19 heavy (non-hydrogen) atoms. The molecule has 0 aliphatic heterocycles. The average Bonchev–Trinajstić information content (AvgIpc) is 2.65. The smallest absolute Gasteiger partial charge is 0.361 e. The van der Waals surface area contributed by atoms with Gasteiger partial charge >= 0.3 is 5.69 Å². The predicted molar refractivity (Wildman–Crippen MR) is 71.7 cm³/mol. The van der Waals surface area contributed by atoms with Crippen molar-refractivity contribution in [2.24, 2.45) is 7.05 Å². The summed E-state index contributed by atoms with van der Waals surface area (Å²) in [7, 11) is 1.68. The Hall–Kier alpha value is -2.50. The number of fused-ring (bicyclic) bond motifs is 1. The van der Waals surface area contributed by atoms with Crippen LogP contribution < -0.4 is 15.8 Å². The fraction of sp³-hybridized carbons (Fsp3) is 0.231. The van der Waals surface area contributed by atoms with Gasteiger partial charge in [0.1, 0.15) is 5.52 Å². The maximum atomic E-state index is 12.1. The van der Waals surface area contributed by atoms with E-state index in [1.807, 2.05) is 12.1 Å². The van der Waals surface area contributed by atoms with Crippen molar-refractivity contribution in [3.8, 4) is 0 Å². The molecule has 2 aromatic rings. The fourth-order valence-corrected chi connectivity index (χ4v) is 2.04. The molecule has 1 aromatic carbocycles. The summed E-state index contributed by atoms with van der Waals surface area (Å²) in [4.78, 5) is 27.6. The van der Waals surface area contributed by atoms with Crippen LogP contribution in [0.15, 0.2) is 35.6 Å². The first-order chi connectivity index (χ1) is 9.20. The molecule has 2 rings (SSSR count). The van der Waals surface area contributed by atoms with Crippen LogP contribution in [0.25, 0.3) is 11.0 Å². The Bertz CT molecular complexity index is 670. The zero-order valence-corrected chi connectivity index (χ0v) is 10.6. The van der Waals surface area contributed by atoms with Gasteiger partial charge in [-0.25, -0.2) is 4.79 Å². The molecule has 0 saturated heterocycles. The highest BCUT2D eigenvalue weighted by Crippen LogP contribution is 2.17. The number of allylic oxidation sites excluding steroid dienone is 1. The number of nitrogens with zero attached hydrogens (tertiary/aromatic N) is 2. The Morgan fingerprint density at radius 3 is 2.95 bits per heavy atom. The van der Waals surface area contributed by atoms with Gasteiger partial charge in [-0.2, -0.15) is 0 Å². The van der Waals surface area contributed by atoms with E-state index in [4.69, 9.17) is 4.84 Å². The van der Waals surface area contributed by atoms with Crippen LogP contribution in [-0.4, -0.2) is 22.4 Å². The number of aryl methyl sites for hydroxylation is 1. The van der Waals surface area contributed by atoms with Crippen molar-refractivity contribution < 1.29 is 9.63 Å². The van der Waals surface area contributed by atoms with E-state index >= 15 is 0 Å². The summed E-state index contributed by atoms with van der Waals surface area (Å²) < 4.78 is 2.70. The van der Waals surface area contributed by atoms with Gasteiger partial charge in [0.05, 0.1) is 5.52 Å². The Morgan fingerprint density at radius 1 is 1.47 bits per heavy atom. The van der Waals surface area contributed by atoms with Crippen LogP contribution in [0.2, 0.25) is 0 Å². The van der Waals surface area contributed by atoms with Crippen LogP contribution in [0.4, 0.5) is 0 Å². The third-order valence-corrected chi connectivity index (χ3v) is 2.84. The molecule has 0 aliphatic carbocycles. The van der Waals surface area contributed by atoms with Crippen molar-refractivity contribution in [2.75, 3.05) is 6.73 Å². The van der Waals surface area contributed by atoms with Gasteiger partial charge in [-0.1, -0.05) is 18.2 Å². The van der Waals surface area contributed by atoms with Crippen molar-refractivity contribution >= 4 is 17.4 Å². The lowest BCUT2D eigenvalue weighted by molar-refractivity contribution is -0.111. The molecule has 0 bridgehead atoms. The lowest BCUT2D eigenvalue weighted by atomic mass is 10.1. The monoisotopic (exact) mass is 261 g/mol. The predicted octanol–water partition coefficient (Wildman–Crippen LogP) is 0.201. The highest BCUT2D eigenvalue weighted by molar-refractivity contribution is 5.79. The summed E-state index contributed by atoms with van der Waals surface area (Å²) in [5, 5.41) is 2.35. The minimum atomic E-state index is -0.292. The van der Waals surface area contributed by atoms with E-state index in [1.165, 1.54) is 9.30 Å². The van der Waals surface area contributed by atoms with Crippen LogP contribution in [0, 0.1) is 0 Å². The molecule has 0 radical (unpaired) electrons. The summed E-state index contributed by atoms with van der Waals surface area (Å²) in [6, 6.07) is 5.59. The van der Waals surface area contributed by atoms with Crippen molar-refractivity contribution in [3.05, 3.63) is 46.9 Å². The van der Waals surface area contributed by atoms with Gasteiger partial charge in [-0.3, -0.25) is 9.36 Å². The number of carbonyl (C=O) groups excluding carboxylic acids is 1. The van der Waals surface area contributed by atoms with E-state index < -0.39 is 0 Å². The number of nitrogens with one attached hydrogen (secondary N) is 1. The first kappa shape index (κ1) is 12.9. The summed E-state index contributed by atoms with van der Waals surface area (Å²) in [5.74, 6) is 0. The largest absolute Gasteiger partial charge is 0.387 e. The Balaban J connectivity index is 2.56. The van der Waals surface area contributed by atoms with Crippen molar-refractivity contribution in [3.63, 3.8) is 0 Å². The average molecular weight is 261 g/mol. The van der Waals surface area contributed by atoms with Gasteiger partial charge in [-0.05, 0) is 18.1 Å². The SMILES string of the molecule is C=CCc1cccc2c1n(C)c(=O)n2OCNC=O. The van der Waals surface area contributed by atoms with Crippen molar-refractivity contribution in [1.29, 1.82) is 0 Å². The minimum absolute atomic E-state index is 0.0613. The third-order valence-electron chi connectivity index (χ3n) is 2.84. The van der Waals surface area contributed by atoms with E-state index in [1.54, 1.807) is 19.2 Å². The van der Waals surface area contributed by atoms with Gasteiger partial charge < -0.3 is 10.2 Å². The number of hydrogen-bond donors (Lipinski definition) is 1. The standard InChI is InChI=1S/C13H15N3O3/c1-3-5-10-6-4-7-11-12(10)15(2)13(18)16(11)19-9-14-8-17/h3-4,6-8H,1,5,9H2,2H3,(H,14,17). The molecule has 0 atom stereocenters. The molecule has 1 N–H and O–H groups in total. The van der Waals surface area contributed by atoms with Gasteiger partial charge in [0.15, 0.2) is 6.73 Å². The summed E-state index contributed by atoms with van der Waals surface area (Å²) >= 11 is 0. The molecule has 100 valence electrons. The third kappa shape index (κ3) is 2.24. The molecule has 0 spiro atoms. The molecular formula is C13H15N3O3. The van der Waals surface area contributed by atoms with Crippen molar-refractivity contribution in [1.82, 2.24) is 14.6 Å². The number of imidazole rings is 1. The molecule has 0 saturated carbocycles. The maximum absolute atomic E-state index is 12.1. The summed E-state index contributed by atoms with van der Waals surface area (Å²) in [5.41, 5.74) is 2.18. The van der Waals surface area contributed by atoms with Gasteiger partial charge in [-0.15, -0.1) is 11.3 Å². The molecule has 6 heteroatoms. The van der Waals surface area contributed by atoms with Crippen LogP contribution in [0.5, 0.6) is 0 Å². The van der Waals surface area contributed by atoms with Crippen LogP contribution in [0.1, 0.15) is 5.56 Å². The summed E-state index contributed by atoms with van der Waals surface area (Å²) in [6.07, 6.45) is 2.96. The number of benzene rings is 1. The fourth-order valence-electron chi connectivity index (χ4n) is 2.04. The van der Waals surface area contributed by atoms with E-state index in [9.17, 15) is 9.59 Å². The Morgan fingerprint density at radius 2 is 2.26 bits per heavy atom. The van der Waals surface area contributed by atoms with E-state index in [-0.39, 0.29) is 12.4 Å². The first-order valence-corrected chi connectivity index (χ1v) is 5.81. The number of para-hydroxylation sites is 1. The normalized spacial score (nSPS) is 10.4. The van der Waals surface area contributed by atoms with Crippen LogP contribution in [0.3, 0.4) is 0 Å². The van der Waals surface area contributed by atoms with Gasteiger partial charge in [0, 0.05) is 7.05 Å². The lowest BCUT2D eigenvalue weighted by Crippen LogP contribution is -2.32. The van der Waals surface area contributed by atoms with Crippen LogP contribution in [-0.2, 0) is 18.3 Å². The number of amides is 1. The highest BCUT2D eigenvalue weighted by atomic mass is 16.7. The highest BCUT2D eigenvalue weighted by Gasteiger charge is 2.14. The molecule has 0 unspecified atom stereocenters. The maximum Gasteiger partial charge on any atom is 0.361 e. The number of hydrogen-bond acceptors (Lipinski definition) is 3. The zero-order chi connectivity index (χ0) is 13.8. The second-order valence-corrected chi connectivity index (χ2v) is 4.01. The molecule has 1 aromatic heterocycles. The van der Waals surface area contributed by atoms with E-state index in [0.717, 1.165) is 11.1 Å². The molecule has 6 nitrogen and oxygen atoms in total. The molecule has 0 fully saturated rings. The second kappa shape index (κ2) is 5.43. The van der Waals surface area contributed by atoms with E-state index in [2.05, 4.69) is 11.9 Å². The molecule has 1 amide bonds. The zero-order valence-electron chi connectivity index (χ0n) is 10.6. The number of rotatable bonds is 6. The lowest BCUT2D eigenvalue weighted by Gasteiger charge is -2.05. The van der Waals surface area contributed by atoms with Crippen molar-refractivity contribution in [2.45, 2.75) is 6.42 Å². The first-order valence-electron chi connectivity index (χ1n) is 5.81. The molecule has 0 aliphatic rings. The van der Waals surface area contributed by atoms with Gasteiger partial charge in [0.25, 0.3) is 0 Å². The minimum Gasteiger partial charge on any atom is -0.387 e. The second-order valence-electron chi connectivity index (χ2n) is 4.01. The Kier molecular flexibility index (Phi) is 3.70. The van der Waals surface area contributed by atoms with E-state index in [0.29, 0.717) is 18.3 Å². The molecule has 1 heterocycles. The quantitative estimate of drug-likeness (QED) is 0.350. The molecular weight excluding hydrogens is 246 g/mol. The summed E-state index contributed by atoms with van der Waals surface area (Å²) in [6.45, 7) is 3.65.